The number of hydrogen-bond donors (Lipinski definition) is 3. The highest BCUT2D eigenvalue weighted by Crippen LogP contribution is 2.29. The summed E-state index contributed by atoms with van der Waals surface area (Å²) in [6.45, 7) is 2.26. The monoisotopic (exact) mass is 241 g/mol. The molecule has 2 rings (SSSR count). The van der Waals surface area contributed by atoms with Crippen LogP contribution in [0.5, 0.6) is 0 Å². The predicted octanol–water partition coefficient (Wildman–Crippen LogP) is 2.02. The highest BCUT2D eigenvalue weighted by atomic mass is 35.5. The summed E-state index contributed by atoms with van der Waals surface area (Å²) in [5, 5.41) is 3.86. The fourth-order valence-electron chi connectivity index (χ4n) is 2.07. The molecule has 16 heavy (non-hydrogen) atoms. The Hall–Kier alpha value is -1.07. The molecule has 0 saturated heterocycles. The zero-order valence-corrected chi connectivity index (χ0v) is 9.96. The molecule has 0 radical (unpaired) electrons. The Morgan fingerprint density at radius 1 is 1.50 bits per heavy atom. The SMILES string of the molecule is CC1CCC(Nc2nc(NN)ncc2Cl)C1. The van der Waals surface area contributed by atoms with E-state index in [0.29, 0.717) is 22.8 Å². The van der Waals surface area contributed by atoms with Gasteiger partial charge in [-0.3, -0.25) is 5.43 Å². The lowest BCUT2D eigenvalue weighted by Crippen LogP contribution is -2.18. The highest BCUT2D eigenvalue weighted by Gasteiger charge is 2.22. The van der Waals surface area contributed by atoms with Gasteiger partial charge in [-0.25, -0.2) is 10.8 Å². The third kappa shape index (κ3) is 2.54. The fraction of sp³-hybridized carbons (Fsp3) is 0.600. The van der Waals surface area contributed by atoms with Gasteiger partial charge in [0.1, 0.15) is 5.02 Å². The van der Waals surface area contributed by atoms with E-state index < -0.39 is 0 Å². The van der Waals surface area contributed by atoms with Crippen LogP contribution in [-0.2, 0) is 0 Å². The van der Waals surface area contributed by atoms with Crippen LogP contribution in [0.4, 0.5) is 11.8 Å². The minimum Gasteiger partial charge on any atom is -0.366 e. The molecular weight excluding hydrogens is 226 g/mol. The van der Waals surface area contributed by atoms with Gasteiger partial charge in [0.05, 0.1) is 6.20 Å². The van der Waals surface area contributed by atoms with Crippen molar-refractivity contribution >= 4 is 23.4 Å². The molecule has 88 valence electrons. The summed E-state index contributed by atoms with van der Waals surface area (Å²) in [5.74, 6) is 7.05. The van der Waals surface area contributed by atoms with Gasteiger partial charge in [-0.15, -0.1) is 0 Å². The van der Waals surface area contributed by atoms with Crippen LogP contribution in [0.2, 0.25) is 5.02 Å². The van der Waals surface area contributed by atoms with Crippen molar-refractivity contribution in [3.05, 3.63) is 11.2 Å². The molecule has 0 spiro atoms. The van der Waals surface area contributed by atoms with Gasteiger partial charge in [0.25, 0.3) is 0 Å². The first-order chi connectivity index (χ1) is 7.69. The van der Waals surface area contributed by atoms with Gasteiger partial charge >= 0.3 is 0 Å². The molecule has 1 aromatic heterocycles. The van der Waals surface area contributed by atoms with Crippen molar-refractivity contribution in [1.82, 2.24) is 9.97 Å². The summed E-state index contributed by atoms with van der Waals surface area (Å²) in [7, 11) is 0. The number of aromatic nitrogens is 2. The number of halogens is 1. The molecule has 1 heterocycles. The third-order valence-corrected chi connectivity index (χ3v) is 3.19. The first-order valence-electron chi connectivity index (χ1n) is 5.44. The van der Waals surface area contributed by atoms with E-state index in [9.17, 15) is 0 Å². The second-order valence-electron chi connectivity index (χ2n) is 4.29. The molecule has 0 aromatic carbocycles. The average Bonchev–Trinajstić information content (AvgIpc) is 2.67. The van der Waals surface area contributed by atoms with E-state index in [2.05, 4.69) is 27.6 Å². The lowest BCUT2D eigenvalue weighted by atomic mass is 10.1. The van der Waals surface area contributed by atoms with Gasteiger partial charge in [0, 0.05) is 6.04 Å². The summed E-state index contributed by atoms with van der Waals surface area (Å²) >= 11 is 6.01. The topological polar surface area (TPSA) is 75.9 Å². The Balaban J connectivity index is 2.08. The summed E-state index contributed by atoms with van der Waals surface area (Å²) in [4.78, 5) is 8.12. The lowest BCUT2D eigenvalue weighted by molar-refractivity contribution is 0.602. The van der Waals surface area contributed by atoms with E-state index in [-0.39, 0.29) is 0 Å². The molecule has 1 aromatic rings. The Bertz CT molecular complexity index is 370. The lowest BCUT2D eigenvalue weighted by Gasteiger charge is -2.14. The zero-order valence-electron chi connectivity index (χ0n) is 9.20. The van der Waals surface area contributed by atoms with Crippen LogP contribution in [0.3, 0.4) is 0 Å². The number of rotatable bonds is 3. The third-order valence-electron chi connectivity index (χ3n) is 2.91. The minimum atomic E-state index is 0.373. The van der Waals surface area contributed by atoms with Gasteiger partial charge in [-0.2, -0.15) is 4.98 Å². The fourth-order valence-corrected chi connectivity index (χ4v) is 2.22. The number of nitrogens with one attached hydrogen (secondary N) is 2. The minimum absolute atomic E-state index is 0.373. The standard InChI is InChI=1S/C10H16ClN5/c1-6-2-3-7(4-6)14-9-8(11)5-13-10(15-9)16-12/h5-7H,2-4,12H2,1H3,(H2,13,14,15,16). The summed E-state index contributed by atoms with van der Waals surface area (Å²) in [6, 6.07) is 0.452. The molecule has 1 aliphatic rings. The second kappa shape index (κ2) is 4.84. The van der Waals surface area contributed by atoms with Crippen LogP contribution in [0, 0.1) is 5.92 Å². The molecule has 1 aliphatic carbocycles. The molecule has 0 aliphatic heterocycles. The maximum Gasteiger partial charge on any atom is 0.239 e. The van der Waals surface area contributed by atoms with Gasteiger partial charge in [-0.1, -0.05) is 18.5 Å². The van der Waals surface area contributed by atoms with Gasteiger partial charge in [-0.05, 0) is 25.2 Å². The molecule has 1 fully saturated rings. The Labute approximate surface area is 99.8 Å². The van der Waals surface area contributed by atoms with Gasteiger partial charge in [0.2, 0.25) is 5.95 Å². The number of anilines is 2. The van der Waals surface area contributed by atoms with Crippen LogP contribution < -0.4 is 16.6 Å². The van der Waals surface area contributed by atoms with Gasteiger partial charge < -0.3 is 5.32 Å². The maximum atomic E-state index is 6.01. The van der Waals surface area contributed by atoms with Crippen LogP contribution >= 0.6 is 11.6 Å². The average molecular weight is 242 g/mol. The van der Waals surface area contributed by atoms with Crippen molar-refractivity contribution < 1.29 is 0 Å². The van der Waals surface area contributed by atoms with Crippen molar-refractivity contribution in [2.24, 2.45) is 11.8 Å². The van der Waals surface area contributed by atoms with E-state index in [1.165, 1.54) is 6.42 Å². The number of nitrogens with zero attached hydrogens (tertiary/aromatic N) is 2. The number of hydrogen-bond acceptors (Lipinski definition) is 5. The van der Waals surface area contributed by atoms with E-state index in [1.807, 2.05) is 0 Å². The summed E-state index contributed by atoms with van der Waals surface area (Å²) in [6.07, 6.45) is 5.12. The van der Waals surface area contributed by atoms with E-state index in [0.717, 1.165) is 18.8 Å². The Morgan fingerprint density at radius 3 is 2.94 bits per heavy atom. The Morgan fingerprint density at radius 2 is 2.31 bits per heavy atom. The van der Waals surface area contributed by atoms with Crippen molar-refractivity contribution in [1.29, 1.82) is 0 Å². The van der Waals surface area contributed by atoms with Crippen LogP contribution in [0.1, 0.15) is 26.2 Å². The molecule has 5 nitrogen and oxygen atoms in total. The maximum absolute atomic E-state index is 6.01. The normalized spacial score (nSPS) is 24.4. The molecular formula is C10H16ClN5. The number of hydrazine groups is 1. The van der Waals surface area contributed by atoms with Crippen molar-refractivity contribution in [3.8, 4) is 0 Å². The largest absolute Gasteiger partial charge is 0.366 e. The van der Waals surface area contributed by atoms with Crippen LogP contribution in [0.15, 0.2) is 6.20 Å². The smallest absolute Gasteiger partial charge is 0.239 e. The van der Waals surface area contributed by atoms with E-state index >= 15 is 0 Å². The molecule has 0 bridgehead atoms. The van der Waals surface area contributed by atoms with Crippen LogP contribution in [0.25, 0.3) is 0 Å². The van der Waals surface area contributed by atoms with E-state index in [4.69, 9.17) is 17.4 Å². The predicted molar refractivity (Wildman–Crippen MR) is 65.3 cm³/mol. The molecule has 2 unspecified atom stereocenters. The summed E-state index contributed by atoms with van der Waals surface area (Å²) in [5.41, 5.74) is 2.41. The second-order valence-corrected chi connectivity index (χ2v) is 4.70. The first-order valence-corrected chi connectivity index (χ1v) is 5.82. The molecule has 0 amide bonds. The number of nitrogens with two attached hydrogens (primary N) is 1. The number of nitrogen functional groups attached to an aromatic ring is 1. The van der Waals surface area contributed by atoms with Crippen molar-refractivity contribution in [3.63, 3.8) is 0 Å². The quantitative estimate of drug-likeness (QED) is 0.558. The molecule has 1 saturated carbocycles. The summed E-state index contributed by atoms with van der Waals surface area (Å²) < 4.78 is 0. The van der Waals surface area contributed by atoms with Crippen molar-refractivity contribution in [2.75, 3.05) is 10.7 Å². The molecule has 6 heteroatoms. The first kappa shape index (κ1) is 11.4. The zero-order chi connectivity index (χ0) is 11.5. The Kier molecular flexibility index (Phi) is 3.46. The van der Waals surface area contributed by atoms with E-state index in [1.54, 1.807) is 6.20 Å². The van der Waals surface area contributed by atoms with Gasteiger partial charge in [0.15, 0.2) is 5.82 Å². The van der Waals surface area contributed by atoms with Crippen molar-refractivity contribution in [2.45, 2.75) is 32.2 Å². The molecule has 2 atom stereocenters. The molecule has 4 N–H and O–H groups in total. The highest BCUT2D eigenvalue weighted by molar-refractivity contribution is 6.32. The van der Waals surface area contributed by atoms with Crippen LogP contribution in [-0.4, -0.2) is 16.0 Å².